The van der Waals surface area contributed by atoms with Crippen molar-refractivity contribution in [3.8, 4) is 0 Å². The molecule has 3 nitrogen and oxygen atoms in total. The Morgan fingerprint density at radius 2 is 1.87 bits per heavy atom. The molecular weight excluding hydrogens is 232 g/mol. The Morgan fingerprint density at radius 1 is 1.40 bits per heavy atom. The fraction of sp³-hybridized carbons (Fsp3) is 0.900. The number of halogens is 1. The van der Waals surface area contributed by atoms with Crippen LogP contribution in [0.25, 0.3) is 0 Å². The number of hydrogen-bond acceptors (Lipinski definition) is 3. The Balaban J connectivity index is 0.00000196. The van der Waals surface area contributed by atoms with Crippen LogP contribution in [0.2, 0.25) is 0 Å². The fourth-order valence-corrected chi connectivity index (χ4v) is 2.22. The van der Waals surface area contributed by atoms with Crippen LogP contribution in [0, 0.1) is 0 Å². The van der Waals surface area contributed by atoms with Gasteiger partial charge >= 0.3 is 0 Å². The van der Waals surface area contributed by atoms with Crippen LogP contribution in [0.3, 0.4) is 0 Å². The van der Waals surface area contributed by atoms with Crippen molar-refractivity contribution < 1.29 is 4.79 Å². The minimum atomic E-state index is 0. The number of nitrogens with zero attached hydrogens (tertiary/aromatic N) is 1. The van der Waals surface area contributed by atoms with E-state index in [1.807, 2.05) is 18.1 Å². The molecule has 1 amide bonds. The zero-order chi connectivity index (χ0) is 10.7. The molecule has 1 aliphatic heterocycles. The summed E-state index contributed by atoms with van der Waals surface area (Å²) >= 11 is 1.62. The molecule has 90 valence electrons. The molecule has 0 saturated carbocycles. The van der Waals surface area contributed by atoms with E-state index in [-0.39, 0.29) is 23.6 Å². The predicted octanol–water partition coefficient (Wildman–Crippen LogP) is 1.37. The number of thioether (sulfide) groups is 1. The molecule has 1 aliphatic rings. The van der Waals surface area contributed by atoms with Gasteiger partial charge < -0.3 is 10.2 Å². The molecule has 0 spiro atoms. The van der Waals surface area contributed by atoms with Gasteiger partial charge in [0.15, 0.2) is 0 Å². The lowest BCUT2D eigenvalue weighted by Crippen LogP contribution is -2.57. The van der Waals surface area contributed by atoms with E-state index in [9.17, 15) is 4.79 Å². The van der Waals surface area contributed by atoms with Gasteiger partial charge in [-0.2, -0.15) is 11.8 Å². The van der Waals surface area contributed by atoms with E-state index in [0.717, 1.165) is 13.1 Å². The Morgan fingerprint density at radius 3 is 2.27 bits per heavy atom. The molecule has 0 aromatic carbocycles. The molecular formula is C10H21ClN2OS. The lowest BCUT2D eigenvalue weighted by Gasteiger charge is -2.37. The Hall–Kier alpha value is 0.0700. The highest BCUT2D eigenvalue weighted by Gasteiger charge is 2.27. The van der Waals surface area contributed by atoms with Gasteiger partial charge in [-0.3, -0.25) is 4.79 Å². The van der Waals surface area contributed by atoms with Gasteiger partial charge in [0.05, 0.1) is 5.25 Å². The number of amides is 1. The van der Waals surface area contributed by atoms with E-state index in [1.54, 1.807) is 11.8 Å². The highest BCUT2D eigenvalue weighted by molar-refractivity contribution is 7.99. The molecule has 1 saturated heterocycles. The van der Waals surface area contributed by atoms with Gasteiger partial charge in [0.25, 0.3) is 0 Å². The average molecular weight is 253 g/mol. The van der Waals surface area contributed by atoms with Crippen molar-refractivity contribution >= 4 is 30.1 Å². The summed E-state index contributed by atoms with van der Waals surface area (Å²) in [6.45, 7) is 7.91. The Kier molecular flexibility index (Phi) is 6.64. The van der Waals surface area contributed by atoms with Crippen LogP contribution in [-0.4, -0.2) is 47.5 Å². The van der Waals surface area contributed by atoms with E-state index >= 15 is 0 Å². The maximum atomic E-state index is 11.9. The third-order valence-corrected chi connectivity index (χ3v) is 3.48. The van der Waals surface area contributed by atoms with E-state index in [4.69, 9.17) is 0 Å². The lowest BCUT2D eigenvalue weighted by atomic mass is 10.1. The van der Waals surface area contributed by atoms with E-state index in [0.29, 0.717) is 12.1 Å². The molecule has 5 heteroatoms. The van der Waals surface area contributed by atoms with Crippen LogP contribution in [0.5, 0.6) is 0 Å². The number of rotatable bonds is 2. The SMILES string of the molecule is CSC(C)C(=O)N1CC(C)NC(C)C1.Cl. The van der Waals surface area contributed by atoms with Crippen LogP contribution in [-0.2, 0) is 4.79 Å². The minimum Gasteiger partial charge on any atom is -0.339 e. The molecule has 3 atom stereocenters. The third-order valence-electron chi connectivity index (χ3n) is 2.57. The van der Waals surface area contributed by atoms with E-state index < -0.39 is 0 Å². The fourth-order valence-electron chi connectivity index (χ4n) is 1.86. The summed E-state index contributed by atoms with van der Waals surface area (Å²) in [6, 6.07) is 0.827. The monoisotopic (exact) mass is 252 g/mol. The molecule has 1 N–H and O–H groups in total. The topological polar surface area (TPSA) is 32.3 Å². The summed E-state index contributed by atoms with van der Waals surface area (Å²) in [4.78, 5) is 13.9. The van der Waals surface area contributed by atoms with Crippen LogP contribution in [0.1, 0.15) is 20.8 Å². The molecule has 0 aliphatic carbocycles. The van der Waals surface area contributed by atoms with Crippen LogP contribution < -0.4 is 5.32 Å². The van der Waals surface area contributed by atoms with Gasteiger partial charge in [0, 0.05) is 25.2 Å². The first kappa shape index (κ1) is 15.1. The second kappa shape index (κ2) is 6.61. The van der Waals surface area contributed by atoms with Crippen LogP contribution in [0.15, 0.2) is 0 Å². The quantitative estimate of drug-likeness (QED) is 0.806. The number of carbonyl (C=O) groups excluding carboxylic acids is 1. The van der Waals surface area contributed by atoms with Crippen LogP contribution >= 0.6 is 24.2 Å². The molecule has 15 heavy (non-hydrogen) atoms. The number of hydrogen-bond donors (Lipinski definition) is 1. The van der Waals surface area contributed by atoms with Crippen molar-refractivity contribution in [2.45, 2.75) is 38.1 Å². The third kappa shape index (κ3) is 4.21. The lowest BCUT2D eigenvalue weighted by molar-refractivity contribution is -0.132. The summed E-state index contributed by atoms with van der Waals surface area (Å²) in [5.74, 6) is 0.276. The van der Waals surface area contributed by atoms with Crippen molar-refractivity contribution in [3.63, 3.8) is 0 Å². The van der Waals surface area contributed by atoms with Gasteiger partial charge in [-0.05, 0) is 27.0 Å². The molecule has 0 bridgehead atoms. The largest absolute Gasteiger partial charge is 0.339 e. The summed E-state index contributed by atoms with van der Waals surface area (Å²) < 4.78 is 0. The average Bonchev–Trinajstić information content (AvgIpc) is 2.14. The molecule has 1 rings (SSSR count). The first-order valence-electron chi connectivity index (χ1n) is 5.12. The first-order valence-corrected chi connectivity index (χ1v) is 6.41. The minimum absolute atomic E-state index is 0. The summed E-state index contributed by atoms with van der Waals surface area (Å²) in [6.07, 6.45) is 1.98. The van der Waals surface area contributed by atoms with Crippen molar-refractivity contribution in [1.82, 2.24) is 10.2 Å². The van der Waals surface area contributed by atoms with Crippen LogP contribution in [0.4, 0.5) is 0 Å². The Bertz CT molecular complexity index is 206. The highest BCUT2D eigenvalue weighted by atomic mass is 35.5. The second-order valence-electron chi connectivity index (χ2n) is 4.09. The van der Waals surface area contributed by atoms with Gasteiger partial charge in [-0.1, -0.05) is 0 Å². The normalized spacial score (nSPS) is 28.1. The number of nitrogens with one attached hydrogen (secondary N) is 1. The van der Waals surface area contributed by atoms with Gasteiger partial charge in [-0.15, -0.1) is 12.4 Å². The molecule has 3 unspecified atom stereocenters. The summed E-state index contributed by atoms with van der Waals surface area (Å²) in [7, 11) is 0. The first-order chi connectivity index (χ1) is 6.54. The molecule has 1 heterocycles. The van der Waals surface area contributed by atoms with Gasteiger partial charge in [-0.25, -0.2) is 0 Å². The zero-order valence-corrected chi connectivity index (χ0v) is 11.5. The van der Waals surface area contributed by atoms with Crippen molar-refractivity contribution in [2.75, 3.05) is 19.3 Å². The van der Waals surface area contributed by atoms with Gasteiger partial charge in [0.1, 0.15) is 0 Å². The number of carbonyl (C=O) groups is 1. The molecule has 0 aromatic heterocycles. The summed E-state index contributed by atoms with van der Waals surface area (Å²) in [5.41, 5.74) is 0. The highest BCUT2D eigenvalue weighted by Crippen LogP contribution is 2.12. The maximum Gasteiger partial charge on any atom is 0.235 e. The van der Waals surface area contributed by atoms with E-state index in [1.165, 1.54) is 0 Å². The smallest absolute Gasteiger partial charge is 0.235 e. The van der Waals surface area contributed by atoms with E-state index in [2.05, 4.69) is 19.2 Å². The summed E-state index contributed by atoms with van der Waals surface area (Å²) in [5, 5.41) is 3.51. The molecule has 0 radical (unpaired) electrons. The Labute approximate surface area is 103 Å². The van der Waals surface area contributed by atoms with Crippen molar-refractivity contribution in [3.05, 3.63) is 0 Å². The maximum absolute atomic E-state index is 11.9. The van der Waals surface area contributed by atoms with Gasteiger partial charge in [0.2, 0.25) is 5.91 Å². The molecule has 1 fully saturated rings. The van der Waals surface area contributed by atoms with Crippen molar-refractivity contribution in [1.29, 1.82) is 0 Å². The second-order valence-corrected chi connectivity index (χ2v) is 5.27. The standard InChI is InChI=1S/C10H20N2OS.ClH/c1-7-5-12(6-8(2)11-7)10(13)9(3)14-4;/h7-9,11H,5-6H2,1-4H3;1H. The number of piperazine rings is 1. The zero-order valence-electron chi connectivity index (χ0n) is 9.82. The molecule has 0 aromatic rings. The van der Waals surface area contributed by atoms with Crippen molar-refractivity contribution in [2.24, 2.45) is 0 Å². The predicted molar refractivity (Wildman–Crippen MR) is 68.9 cm³/mol.